The Hall–Kier alpha value is -1.68. The number of hydrogen-bond donors (Lipinski definition) is 1. The second kappa shape index (κ2) is 5.10. The first-order chi connectivity index (χ1) is 8.19. The van der Waals surface area contributed by atoms with Crippen molar-refractivity contribution < 1.29 is 9.50 Å². The molecule has 0 spiro atoms. The van der Waals surface area contributed by atoms with E-state index in [1.54, 1.807) is 23.0 Å². The van der Waals surface area contributed by atoms with Gasteiger partial charge < -0.3 is 5.11 Å². The van der Waals surface area contributed by atoms with Crippen molar-refractivity contribution in [2.24, 2.45) is 0 Å². The maximum Gasteiger partial charge on any atom is 0.123 e. The number of aliphatic hydroxyl groups excluding tert-OH is 1. The molecule has 0 saturated carbocycles. The third kappa shape index (κ3) is 2.91. The van der Waals surface area contributed by atoms with Gasteiger partial charge in [-0.25, -0.2) is 4.39 Å². The van der Waals surface area contributed by atoms with Crippen LogP contribution in [-0.2, 0) is 6.54 Å². The largest absolute Gasteiger partial charge is 0.388 e. The molecular formula is C13H15FN2O. The Labute approximate surface area is 99.5 Å². The number of nitrogens with zero attached hydrogens (tertiary/aromatic N) is 2. The Balaban J connectivity index is 2.08. The normalized spacial score (nSPS) is 12.6. The molecule has 4 heteroatoms. The number of halogens is 1. The van der Waals surface area contributed by atoms with Crippen LogP contribution in [0.1, 0.15) is 30.6 Å². The first-order valence-electron chi connectivity index (χ1n) is 5.64. The highest BCUT2D eigenvalue weighted by Gasteiger charge is 2.07. The van der Waals surface area contributed by atoms with Gasteiger partial charge in [0.2, 0.25) is 0 Å². The van der Waals surface area contributed by atoms with Gasteiger partial charge in [0.1, 0.15) is 5.82 Å². The van der Waals surface area contributed by atoms with Gasteiger partial charge in [0.15, 0.2) is 0 Å². The monoisotopic (exact) mass is 234 g/mol. The fraction of sp³-hybridized carbons (Fsp3) is 0.308. The quantitative estimate of drug-likeness (QED) is 0.882. The van der Waals surface area contributed by atoms with Crippen LogP contribution in [0.3, 0.4) is 0 Å². The molecule has 1 unspecified atom stereocenters. The molecule has 0 fully saturated rings. The molecule has 3 nitrogen and oxygen atoms in total. The minimum Gasteiger partial charge on any atom is -0.388 e. The summed E-state index contributed by atoms with van der Waals surface area (Å²) in [6.07, 6.45) is 3.69. The van der Waals surface area contributed by atoms with Gasteiger partial charge in [-0.05, 0) is 24.1 Å². The van der Waals surface area contributed by atoms with Gasteiger partial charge in [-0.2, -0.15) is 5.10 Å². The molecule has 0 aliphatic heterocycles. The van der Waals surface area contributed by atoms with Gasteiger partial charge in [-0.1, -0.05) is 19.1 Å². The zero-order chi connectivity index (χ0) is 12.3. The van der Waals surface area contributed by atoms with E-state index in [0.29, 0.717) is 13.0 Å². The Morgan fingerprint density at radius 3 is 2.71 bits per heavy atom. The number of benzene rings is 1. The summed E-state index contributed by atoms with van der Waals surface area (Å²) in [5.41, 5.74) is 1.79. The predicted octanol–water partition coefficient (Wildman–Crippen LogP) is 2.51. The van der Waals surface area contributed by atoms with E-state index in [0.717, 1.165) is 11.1 Å². The van der Waals surface area contributed by atoms with Crippen molar-refractivity contribution >= 4 is 0 Å². The van der Waals surface area contributed by atoms with Crippen molar-refractivity contribution in [1.29, 1.82) is 0 Å². The molecule has 2 rings (SSSR count). The van der Waals surface area contributed by atoms with Crippen molar-refractivity contribution in [3.8, 4) is 0 Å². The van der Waals surface area contributed by atoms with Crippen LogP contribution in [0.15, 0.2) is 36.7 Å². The molecular weight excluding hydrogens is 219 g/mol. The Bertz CT molecular complexity index is 478. The van der Waals surface area contributed by atoms with E-state index in [-0.39, 0.29) is 5.82 Å². The Morgan fingerprint density at radius 1 is 1.35 bits per heavy atom. The lowest BCUT2D eigenvalue weighted by Gasteiger charge is -2.03. The molecule has 0 aliphatic rings. The van der Waals surface area contributed by atoms with Crippen LogP contribution < -0.4 is 0 Å². The highest BCUT2D eigenvalue weighted by atomic mass is 19.1. The van der Waals surface area contributed by atoms with Gasteiger partial charge in [0.25, 0.3) is 0 Å². The van der Waals surface area contributed by atoms with Crippen LogP contribution in [0.5, 0.6) is 0 Å². The van der Waals surface area contributed by atoms with Crippen molar-refractivity contribution in [1.82, 2.24) is 9.78 Å². The standard InChI is InChI=1S/C13H15FN2O/c1-2-13(17)11-7-15-16(9-11)8-10-3-5-12(14)6-4-10/h3-7,9,13,17H,2,8H2,1H3. The molecule has 0 radical (unpaired) electrons. The van der Waals surface area contributed by atoms with Crippen molar-refractivity contribution in [2.45, 2.75) is 26.0 Å². The minimum atomic E-state index is -0.461. The molecule has 1 heterocycles. The number of aliphatic hydroxyl groups is 1. The Morgan fingerprint density at radius 2 is 2.06 bits per heavy atom. The molecule has 1 atom stereocenters. The SMILES string of the molecule is CCC(O)c1cnn(Cc2ccc(F)cc2)c1. The molecule has 0 aliphatic carbocycles. The van der Waals surface area contributed by atoms with E-state index < -0.39 is 6.10 Å². The molecule has 1 aromatic heterocycles. The number of rotatable bonds is 4. The summed E-state index contributed by atoms with van der Waals surface area (Å²) in [5.74, 6) is -0.240. The summed E-state index contributed by atoms with van der Waals surface area (Å²) in [7, 11) is 0. The molecule has 17 heavy (non-hydrogen) atoms. The average Bonchev–Trinajstić information content (AvgIpc) is 2.80. The number of aromatic nitrogens is 2. The summed E-state index contributed by atoms with van der Waals surface area (Å²) in [6.45, 7) is 2.50. The summed E-state index contributed by atoms with van der Waals surface area (Å²) in [5, 5.41) is 13.8. The van der Waals surface area contributed by atoms with Crippen molar-refractivity contribution in [3.63, 3.8) is 0 Å². The Kier molecular flexibility index (Phi) is 3.54. The molecule has 90 valence electrons. The highest BCUT2D eigenvalue weighted by Crippen LogP contribution is 2.15. The van der Waals surface area contributed by atoms with Crippen LogP contribution in [0.2, 0.25) is 0 Å². The minimum absolute atomic E-state index is 0.240. The molecule has 1 aromatic carbocycles. The molecule has 0 amide bonds. The molecule has 1 N–H and O–H groups in total. The van der Waals surface area contributed by atoms with Gasteiger partial charge in [-0.15, -0.1) is 0 Å². The lowest BCUT2D eigenvalue weighted by molar-refractivity contribution is 0.173. The zero-order valence-corrected chi connectivity index (χ0v) is 9.68. The maximum absolute atomic E-state index is 12.7. The lowest BCUT2D eigenvalue weighted by atomic mass is 10.1. The molecule has 2 aromatic rings. The van der Waals surface area contributed by atoms with Crippen LogP contribution >= 0.6 is 0 Å². The van der Waals surface area contributed by atoms with E-state index in [4.69, 9.17) is 0 Å². The lowest BCUT2D eigenvalue weighted by Crippen LogP contribution is -2.00. The van der Waals surface area contributed by atoms with Gasteiger partial charge >= 0.3 is 0 Å². The zero-order valence-electron chi connectivity index (χ0n) is 9.68. The van der Waals surface area contributed by atoms with E-state index in [1.165, 1.54) is 12.1 Å². The summed E-state index contributed by atoms with van der Waals surface area (Å²) >= 11 is 0. The number of hydrogen-bond acceptors (Lipinski definition) is 2. The van der Waals surface area contributed by atoms with E-state index >= 15 is 0 Å². The summed E-state index contributed by atoms with van der Waals surface area (Å²) in [6, 6.07) is 6.32. The first-order valence-corrected chi connectivity index (χ1v) is 5.64. The summed E-state index contributed by atoms with van der Waals surface area (Å²) in [4.78, 5) is 0. The van der Waals surface area contributed by atoms with Gasteiger partial charge in [0, 0.05) is 11.8 Å². The molecule has 0 saturated heterocycles. The fourth-order valence-corrected chi connectivity index (χ4v) is 1.65. The van der Waals surface area contributed by atoms with Crippen LogP contribution in [-0.4, -0.2) is 14.9 Å². The third-order valence-electron chi connectivity index (χ3n) is 2.68. The molecule has 0 bridgehead atoms. The van der Waals surface area contributed by atoms with Crippen LogP contribution in [0.4, 0.5) is 4.39 Å². The van der Waals surface area contributed by atoms with E-state index in [1.807, 2.05) is 13.1 Å². The first kappa shape index (κ1) is 11.8. The van der Waals surface area contributed by atoms with E-state index in [9.17, 15) is 9.50 Å². The maximum atomic E-state index is 12.7. The summed E-state index contributed by atoms with van der Waals surface area (Å²) < 4.78 is 14.5. The van der Waals surface area contributed by atoms with Crippen molar-refractivity contribution in [2.75, 3.05) is 0 Å². The van der Waals surface area contributed by atoms with E-state index in [2.05, 4.69) is 5.10 Å². The van der Waals surface area contributed by atoms with Gasteiger partial charge in [0.05, 0.1) is 18.8 Å². The fourth-order valence-electron chi connectivity index (χ4n) is 1.65. The second-order valence-electron chi connectivity index (χ2n) is 4.02. The average molecular weight is 234 g/mol. The topological polar surface area (TPSA) is 38.1 Å². The highest BCUT2D eigenvalue weighted by molar-refractivity contribution is 5.17. The van der Waals surface area contributed by atoms with Crippen LogP contribution in [0.25, 0.3) is 0 Å². The third-order valence-corrected chi connectivity index (χ3v) is 2.68. The predicted molar refractivity (Wildman–Crippen MR) is 63.0 cm³/mol. The van der Waals surface area contributed by atoms with Crippen LogP contribution in [0, 0.1) is 5.82 Å². The van der Waals surface area contributed by atoms with Crippen molar-refractivity contribution in [3.05, 3.63) is 53.6 Å². The van der Waals surface area contributed by atoms with Gasteiger partial charge in [-0.3, -0.25) is 4.68 Å². The smallest absolute Gasteiger partial charge is 0.123 e. The second-order valence-corrected chi connectivity index (χ2v) is 4.02.